The molecule has 114 valence electrons. The molecule has 6 nitrogen and oxygen atoms in total. The van der Waals surface area contributed by atoms with Gasteiger partial charge in [0.25, 0.3) is 5.91 Å². The third-order valence-corrected chi connectivity index (χ3v) is 4.27. The summed E-state index contributed by atoms with van der Waals surface area (Å²) in [6.45, 7) is 1.11. The van der Waals surface area contributed by atoms with E-state index in [9.17, 15) is 9.59 Å². The molecule has 6 heteroatoms. The summed E-state index contributed by atoms with van der Waals surface area (Å²) in [4.78, 5) is 26.1. The van der Waals surface area contributed by atoms with E-state index in [0.717, 1.165) is 25.7 Å². The van der Waals surface area contributed by atoms with Gasteiger partial charge in [0.1, 0.15) is 5.69 Å². The van der Waals surface area contributed by atoms with Gasteiger partial charge in [0.2, 0.25) is 0 Å². The van der Waals surface area contributed by atoms with Gasteiger partial charge in [0.15, 0.2) is 0 Å². The Balaban J connectivity index is 1.77. The van der Waals surface area contributed by atoms with E-state index in [1.807, 2.05) is 10.8 Å². The molecule has 1 amide bonds. The van der Waals surface area contributed by atoms with Crippen molar-refractivity contribution in [3.63, 3.8) is 0 Å². The molecule has 21 heavy (non-hydrogen) atoms. The molecule has 2 N–H and O–H groups in total. The van der Waals surface area contributed by atoms with E-state index in [1.165, 1.54) is 7.11 Å². The standard InChI is InChI=1S/C15H21N3O3/c1-21-15(20)10-3-2-6-17(8-10)14(19)13-7-11(16)9-18(13)12-4-5-12/h7,9-10,12H,2-6,8,16H2,1H3. The summed E-state index contributed by atoms with van der Waals surface area (Å²) in [6.07, 6.45) is 5.64. The van der Waals surface area contributed by atoms with Gasteiger partial charge in [-0.25, -0.2) is 0 Å². The minimum Gasteiger partial charge on any atom is -0.469 e. The van der Waals surface area contributed by atoms with Crippen LogP contribution in [-0.4, -0.2) is 41.5 Å². The molecule has 0 aromatic carbocycles. The summed E-state index contributed by atoms with van der Waals surface area (Å²) in [7, 11) is 1.39. The predicted octanol–water partition coefficient (Wildman–Crippen LogP) is 1.43. The number of methoxy groups -OCH3 is 1. The van der Waals surface area contributed by atoms with Crippen LogP contribution in [0.15, 0.2) is 12.3 Å². The number of likely N-dealkylation sites (tertiary alicyclic amines) is 1. The van der Waals surface area contributed by atoms with Gasteiger partial charge >= 0.3 is 5.97 Å². The Morgan fingerprint density at radius 2 is 2.10 bits per heavy atom. The lowest BCUT2D eigenvalue weighted by molar-refractivity contribution is -0.146. The number of esters is 1. The fourth-order valence-electron chi connectivity index (χ4n) is 3.01. The van der Waals surface area contributed by atoms with E-state index in [1.54, 1.807) is 11.0 Å². The number of nitrogen functional groups attached to an aromatic ring is 1. The summed E-state index contributed by atoms with van der Waals surface area (Å²) in [5, 5.41) is 0. The molecule has 1 aromatic heterocycles. The lowest BCUT2D eigenvalue weighted by atomic mass is 9.98. The molecule has 1 saturated heterocycles. The number of nitrogens with two attached hydrogens (primary N) is 1. The Bertz CT molecular complexity index is 563. The van der Waals surface area contributed by atoms with Crippen LogP contribution in [0.4, 0.5) is 5.69 Å². The van der Waals surface area contributed by atoms with Crippen LogP contribution >= 0.6 is 0 Å². The maximum atomic E-state index is 12.7. The number of ether oxygens (including phenoxy) is 1. The van der Waals surface area contributed by atoms with E-state index in [0.29, 0.717) is 30.5 Å². The molecule has 1 saturated carbocycles. The normalized spacial score (nSPS) is 22.1. The van der Waals surface area contributed by atoms with Crippen LogP contribution in [0.25, 0.3) is 0 Å². The van der Waals surface area contributed by atoms with E-state index in [2.05, 4.69) is 0 Å². The quantitative estimate of drug-likeness (QED) is 0.855. The molecule has 3 rings (SSSR count). The molecule has 1 atom stereocenters. The molecule has 1 aliphatic heterocycles. The first-order valence-electron chi connectivity index (χ1n) is 7.44. The second-order valence-corrected chi connectivity index (χ2v) is 5.91. The third kappa shape index (κ3) is 2.75. The van der Waals surface area contributed by atoms with Gasteiger partial charge < -0.3 is 19.9 Å². The van der Waals surface area contributed by atoms with Gasteiger partial charge in [-0.1, -0.05) is 0 Å². The number of piperidine rings is 1. The van der Waals surface area contributed by atoms with E-state index in [4.69, 9.17) is 10.5 Å². The zero-order valence-electron chi connectivity index (χ0n) is 12.2. The van der Waals surface area contributed by atoms with Crippen LogP contribution in [0.1, 0.15) is 42.2 Å². The Morgan fingerprint density at radius 1 is 1.33 bits per heavy atom. The Morgan fingerprint density at radius 3 is 2.76 bits per heavy atom. The number of hydrogen-bond donors (Lipinski definition) is 1. The Kier molecular flexibility index (Phi) is 3.61. The molecule has 2 heterocycles. The van der Waals surface area contributed by atoms with Crippen LogP contribution in [0.2, 0.25) is 0 Å². The van der Waals surface area contributed by atoms with Gasteiger partial charge in [-0.2, -0.15) is 0 Å². The van der Waals surface area contributed by atoms with Crippen LogP contribution in [0.5, 0.6) is 0 Å². The lowest BCUT2D eigenvalue weighted by Crippen LogP contribution is -2.43. The highest BCUT2D eigenvalue weighted by Crippen LogP contribution is 2.37. The largest absolute Gasteiger partial charge is 0.469 e. The highest BCUT2D eigenvalue weighted by molar-refractivity contribution is 5.94. The minimum atomic E-state index is -0.232. The summed E-state index contributed by atoms with van der Waals surface area (Å²) in [6, 6.07) is 2.14. The minimum absolute atomic E-state index is 0.0350. The fourth-order valence-corrected chi connectivity index (χ4v) is 3.01. The topological polar surface area (TPSA) is 77.6 Å². The number of nitrogens with zero attached hydrogens (tertiary/aromatic N) is 2. The first-order chi connectivity index (χ1) is 10.1. The fraction of sp³-hybridized carbons (Fsp3) is 0.600. The van der Waals surface area contributed by atoms with Crippen molar-refractivity contribution in [2.45, 2.75) is 31.7 Å². The van der Waals surface area contributed by atoms with Gasteiger partial charge in [-0.3, -0.25) is 9.59 Å². The number of carbonyl (C=O) groups is 2. The number of amides is 1. The molecular weight excluding hydrogens is 270 g/mol. The summed E-state index contributed by atoms with van der Waals surface area (Å²) >= 11 is 0. The van der Waals surface area contributed by atoms with E-state index in [-0.39, 0.29) is 17.8 Å². The lowest BCUT2D eigenvalue weighted by Gasteiger charge is -2.31. The van der Waals surface area contributed by atoms with Gasteiger partial charge in [-0.15, -0.1) is 0 Å². The number of anilines is 1. The first kappa shape index (κ1) is 14.0. The molecule has 1 aromatic rings. The van der Waals surface area contributed by atoms with E-state index < -0.39 is 0 Å². The van der Waals surface area contributed by atoms with Crippen LogP contribution in [-0.2, 0) is 9.53 Å². The maximum absolute atomic E-state index is 12.7. The average Bonchev–Trinajstić information content (AvgIpc) is 3.28. The Labute approximate surface area is 123 Å². The van der Waals surface area contributed by atoms with Crippen molar-refractivity contribution in [3.05, 3.63) is 18.0 Å². The highest BCUT2D eigenvalue weighted by Gasteiger charge is 2.33. The molecule has 0 bridgehead atoms. The smallest absolute Gasteiger partial charge is 0.310 e. The molecular formula is C15H21N3O3. The number of rotatable bonds is 3. The monoisotopic (exact) mass is 291 g/mol. The molecule has 0 radical (unpaired) electrons. The van der Waals surface area contributed by atoms with Crippen molar-refractivity contribution in [2.24, 2.45) is 5.92 Å². The summed E-state index contributed by atoms with van der Waals surface area (Å²) in [5.74, 6) is -0.480. The predicted molar refractivity (Wildman–Crippen MR) is 77.8 cm³/mol. The van der Waals surface area contributed by atoms with Crippen LogP contribution in [0.3, 0.4) is 0 Å². The van der Waals surface area contributed by atoms with Crippen molar-refractivity contribution in [2.75, 3.05) is 25.9 Å². The zero-order valence-corrected chi connectivity index (χ0v) is 12.2. The van der Waals surface area contributed by atoms with Crippen molar-refractivity contribution >= 4 is 17.6 Å². The zero-order chi connectivity index (χ0) is 15.0. The van der Waals surface area contributed by atoms with Crippen molar-refractivity contribution in [3.8, 4) is 0 Å². The average molecular weight is 291 g/mol. The molecule has 2 fully saturated rings. The van der Waals surface area contributed by atoms with Crippen molar-refractivity contribution in [1.29, 1.82) is 0 Å². The number of aromatic nitrogens is 1. The molecule has 1 aliphatic carbocycles. The summed E-state index contributed by atoms with van der Waals surface area (Å²) in [5.41, 5.74) is 7.10. The second-order valence-electron chi connectivity index (χ2n) is 5.91. The highest BCUT2D eigenvalue weighted by atomic mass is 16.5. The maximum Gasteiger partial charge on any atom is 0.310 e. The molecule has 1 unspecified atom stereocenters. The number of hydrogen-bond acceptors (Lipinski definition) is 4. The van der Waals surface area contributed by atoms with Crippen molar-refractivity contribution < 1.29 is 14.3 Å². The van der Waals surface area contributed by atoms with Crippen LogP contribution < -0.4 is 5.73 Å². The number of carbonyl (C=O) groups excluding carboxylic acids is 2. The van der Waals surface area contributed by atoms with E-state index >= 15 is 0 Å². The summed E-state index contributed by atoms with van der Waals surface area (Å²) < 4.78 is 6.78. The molecule has 0 spiro atoms. The first-order valence-corrected chi connectivity index (χ1v) is 7.44. The van der Waals surface area contributed by atoms with Crippen LogP contribution in [0, 0.1) is 5.92 Å². The Hall–Kier alpha value is -1.98. The third-order valence-electron chi connectivity index (χ3n) is 4.27. The molecule has 2 aliphatic rings. The van der Waals surface area contributed by atoms with Gasteiger partial charge in [0.05, 0.1) is 18.7 Å². The SMILES string of the molecule is COC(=O)C1CCCN(C(=O)c2cc(N)cn2C2CC2)C1. The van der Waals surface area contributed by atoms with Gasteiger partial charge in [0, 0.05) is 25.3 Å². The second kappa shape index (κ2) is 5.42. The van der Waals surface area contributed by atoms with Crippen molar-refractivity contribution in [1.82, 2.24) is 9.47 Å². The van der Waals surface area contributed by atoms with Gasteiger partial charge in [-0.05, 0) is 31.7 Å².